The lowest BCUT2D eigenvalue weighted by Gasteiger charge is -2.14. The maximum Gasteiger partial charge on any atom is 0.267 e. The number of rotatable bonds is 8. The Labute approximate surface area is 178 Å². The summed E-state index contributed by atoms with van der Waals surface area (Å²) < 4.78 is 16.8. The number of methoxy groups -OCH3 is 3. The van der Waals surface area contributed by atoms with Crippen molar-refractivity contribution in [2.75, 3.05) is 27.9 Å². The first-order valence-electron chi connectivity index (χ1n) is 9.08. The van der Waals surface area contributed by atoms with Crippen molar-refractivity contribution in [2.24, 2.45) is 0 Å². The van der Waals surface area contributed by atoms with E-state index in [2.05, 4.69) is 5.10 Å². The Morgan fingerprint density at radius 1 is 1.00 bits per heavy atom. The second kappa shape index (κ2) is 9.56. The quantitative estimate of drug-likeness (QED) is 0.511. The van der Waals surface area contributed by atoms with Crippen LogP contribution in [-0.4, -0.2) is 43.5 Å². The molecule has 3 aromatic rings. The number of aromatic nitrogens is 2. The van der Waals surface area contributed by atoms with Gasteiger partial charge in [0.15, 0.2) is 5.78 Å². The van der Waals surface area contributed by atoms with Crippen LogP contribution in [0.5, 0.6) is 11.6 Å². The molecule has 0 unspecified atom stereocenters. The Bertz CT molecular complexity index is 1110. The Morgan fingerprint density at radius 3 is 2.37 bits per heavy atom. The number of hydrogen-bond donors (Lipinski definition) is 0. The average Bonchev–Trinajstić information content (AvgIpc) is 2.75. The number of benzene rings is 2. The number of hydrogen-bond acceptors (Lipinski definition) is 6. The summed E-state index contributed by atoms with van der Waals surface area (Å²) in [6, 6.07) is 13.5. The summed E-state index contributed by atoms with van der Waals surface area (Å²) in [6.07, 6.45) is 0. The highest BCUT2D eigenvalue weighted by molar-refractivity contribution is 6.31. The fourth-order valence-corrected chi connectivity index (χ4v) is 3.20. The van der Waals surface area contributed by atoms with Gasteiger partial charge in [0.05, 0.1) is 26.3 Å². The number of ketones is 1. The van der Waals surface area contributed by atoms with E-state index in [4.69, 9.17) is 25.8 Å². The average molecular weight is 429 g/mol. The summed E-state index contributed by atoms with van der Waals surface area (Å²) in [5.41, 5.74) is 1.75. The molecule has 0 radical (unpaired) electrons. The summed E-state index contributed by atoms with van der Waals surface area (Å²) in [6.45, 7) is 0.156. The van der Waals surface area contributed by atoms with Crippen molar-refractivity contribution in [3.63, 3.8) is 0 Å². The van der Waals surface area contributed by atoms with E-state index >= 15 is 0 Å². The predicted molar refractivity (Wildman–Crippen MR) is 114 cm³/mol. The van der Waals surface area contributed by atoms with Crippen LogP contribution in [0.15, 0.2) is 53.3 Å². The summed E-state index contributed by atoms with van der Waals surface area (Å²) in [4.78, 5) is 25.3. The van der Waals surface area contributed by atoms with Crippen molar-refractivity contribution in [3.8, 4) is 22.8 Å². The molecule has 0 bridgehead atoms. The lowest BCUT2D eigenvalue weighted by molar-refractivity contribution is 0.0848. The Kier molecular flexibility index (Phi) is 6.87. The van der Waals surface area contributed by atoms with Gasteiger partial charge in [-0.15, -0.1) is 5.10 Å². The van der Waals surface area contributed by atoms with Gasteiger partial charge in [0.1, 0.15) is 12.4 Å². The van der Waals surface area contributed by atoms with E-state index < -0.39 is 0 Å². The molecule has 0 aliphatic heterocycles. The molecule has 8 heteroatoms. The molecule has 0 aliphatic rings. The third kappa shape index (κ3) is 4.69. The number of halogens is 1. The molecule has 0 atom stereocenters. The third-order valence-electron chi connectivity index (χ3n) is 4.50. The van der Waals surface area contributed by atoms with Gasteiger partial charge in [-0.05, 0) is 41.5 Å². The topological polar surface area (TPSA) is 79.7 Å². The highest BCUT2D eigenvalue weighted by Crippen LogP contribution is 2.32. The van der Waals surface area contributed by atoms with Crippen molar-refractivity contribution >= 4 is 17.4 Å². The highest BCUT2D eigenvalue weighted by Gasteiger charge is 2.19. The Morgan fingerprint density at radius 2 is 1.73 bits per heavy atom. The van der Waals surface area contributed by atoms with Crippen LogP contribution in [-0.2, 0) is 11.3 Å². The van der Waals surface area contributed by atoms with Gasteiger partial charge in [-0.1, -0.05) is 23.7 Å². The van der Waals surface area contributed by atoms with Gasteiger partial charge in [0.25, 0.3) is 5.56 Å². The minimum atomic E-state index is -0.341. The fraction of sp³-hybridized carbons (Fsp3) is 0.227. The van der Waals surface area contributed by atoms with Gasteiger partial charge in [-0.25, -0.2) is 4.68 Å². The highest BCUT2D eigenvalue weighted by atomic mass is 35.5. The van der Waals surface area contributed by atoms with Crippen LogP contribution in [0.1, 0.15) is 15.9 Å². The molecule has 156 valence electrons. The Hall–Kier alpha value is -3.16. The van der Waals surface area contributed by atoms with Crippen LogP contribution in [0.3, 0.4) is 0 Å². The van der Waals surface area contributed by atoms with Gasteiger partial charge in [-0.2, -0.15) is 0 Å². The maximum atomic E-state index is 12.8. The molecule has 0 aliphatic carbocycles. The first kappa shape index (κ1) is 21.5. The van der Waals surface area contributed by atoms with Crippen molar-refractivity contribution in [3.05, 3.63) is 75.0 Å². The summed E-state index contributed by atoms with van der Waals surface area (Å²) in [7, 11) is 4.48. The molecule has 3 rings (SSSR count). The fourth-order valence-electron chi connectivity index (χ4n) is 3.02. The predicted octanol–water partition coefficient (Wildman–Crippen LogP) is 3.46. The standard InChI is InChI=1S/C22H21ClN2O5/c1-28-13-20(26)17-9-6-15(23)10-18(17)19-11-21(27)25(24-22(19)30-3)12-14-4-7-16(29-2)8-5-14/h4-11H,12-13H2,1-3H3. The number of nitrogens with zero attached hydrogens (tertiary/aromatic N) is 2. The van der Waals surface area contributed by atoms with E-state index in [-0.39, 0.29) is 30.4 Å². The maximum absolute atomic E-state index is 12.8. The first-order chi connectivity index (χ1) is 14.5. The molecule has 2 aromatic carbocycles. The molecule has 30 heavy (non-hydrogen) atoms. The van der Waals surface area contributed by atoms with Crippen LogP contribution in [0.25, 0.3) is 11.1 Å². The molecular formula is C22H21ClN2O5. The molecule has 0 saturated carbocycles. The molecule has 7 nitrogen and oxygen atoms in total. The van der Waals surface area contributed by atoms with Crippen molar-refractivity contribution < 1.29 is 19.0 Å². The number of Topliss-reactive ketones (excluding diaryl/α,β-unsaturated/α-hetero) is 1. The monoisotopic (exact) mass is 428 g/mol. The van der Waals surface area contributed by atoms with E-state index in [1.54, 1.807) is 25.3 Å². The lowest BCUT2D eigenvalue weighted by atomic mass is 9.98. The number of carbonyl (C=O) groups excluding carboxylic acids is 1. The molecule has 1 heterocycles. The molecule has 0 spiro atoms. The van der Waals surface area contributed by atoms with Crippen molar-refractivity contribution in [1.29, 1.82) is 0 Å². The zero-order valence-electron chi connectivity index (χ0n) is 16.8. The van der Waals surface area contributed by atoms with Gasteiger partial charge < -0.3 is 14.2 Å². The zero-order valence-corrected chi connectivity index (χ0v) is 17.6. The van der Waals surface area contributed by atoms with Gasteiger partial charge >= 0.3 is 0 Å². The van der Waals surface area contributed by atoms with Gasteiger partial charge in [0.2, 0.25) is 5.88 Å². The van der Waals surface area contributed by atoms with E-state index in [9.17, 15) is 9.59 Å². The summed E-state index contributed by atoms with van der Waals surface area (Å²) in [5.74, 6) is 0.687. The van der Waals surface area contributed by atoms with E-state index in [1.165, 1.54) is 25.0 Å². The molecule has 0 N–H and O–H groups in total. The SMILES string of the molecule is COCC(=O)c1ccc(Cl)cc1-c1cc(=O)n(Cc2ccc(OC)cc2)nc1OC. The van der Waals surface area contributed by atoms with E-state index in [0.717, 1.165) is 11.3 Å². The third-order valence-corrected chi connectivity index (χ3v) is 4.73. The van der Waals surface area contributed by atoms with Crippen LogP contribution in [0.4, 0.5) is 0 Å². The number of carbonyl (C=O) groups is 1. The van der Waals surface area contributed by atoms with Crippen LogP contribution in [0.2, 0.25) is 5.02 Å². The summed E-state index contributed by atoms with van der Waals surface area (Å²) >= 11 is 6.15. The molecular weight excluding hydrogens is 408 g/mol. The van der Waals surface area contributed by atoms with Crippen molar-refractivity contribution in [1.82, 2.24) is 9.78 Å². The minimum absolute atomic E-state index is 0.0983. The van der Waals surface area contributed by atoms with Crippen LogP contribution >= 0.6 is 11.6 Å². The van der Waals surface area contributed by atoms with E-state index in [0.29, 0.717) is 21.7 Å². The first-order valence-corrected chi connectivity index (χ1v) is 9.45. The normalized spacial score (nSPS) is 10.7. The summed E-state index contributed by atoms with van der Waals surface area (Å²) in [5, 5.41) is 4.77. The molecule has 1 aromatic heterocycles. The second-order valence-electron chi connectivity index (χ2n) is 6.46. The van der Waals surface area contributed by atoms with Gasteiger partial charge in [0, 0.05) is 23.8 Å². The Balaban J connectivity index is 2.05. The van der Waals surface area contributed by atoms with E-state index in [1.807, 2.05) is 24.3 Å². The van der Waals surface area contributed by atoms with Crippen LogP contribution in [0, 0.1) is 0 Å². The lowest BCUT2D eigenvalue weighted by Crippen LogP contribution is -2.24. The smallest absolute Gasteiger partial charge is 0.267 e. The number of ether oxygens (including phenoxy) is 3. The largest absolute Gasteiger partial charge is 0.497 e. The van der Waals surface area contributed by atoms with Crippen LogP contribution < -0.4 is 15.0 Å². The van der Waals surface area contributed by atoms with Crippen molar-refractivity contribution in [2.45, 2.75) is 6.54 Å². The second-order valence-corrected chi connectivity index (χ2v) is 6.89. The van der Waals surface area contributed by atoms with Gasteiger partial charge in [-0.3, -0.25) is 9.59 Å². The molecule has 0 saturated heterocycles. The molecule has 0 amide bonds. The molecule has 0 fully saturated rings. The zero-order chi connectivity index (χ0) is 21.7. The minimum Gasteiger partial charge on any atom is -0.497 e.